The van der Waals surface area contributed by atoms with Crippen molar-refractivity contribution in [1.29, 1.82) is 0 Å². The molecule has 1 N–H and O–H groups in total. The third-order valence-corrected chi connectivity index (χ3v) is 18.4. The molecule has 0 aromatic heterocycles. The fourth-order valence-corrected chi connectivity index (χ4v) is 12.2. The first-order valence-corrected chi connectivity index (χ1v) is 41.1. The number of carbonyl (C=O) groups is 3. The van der Waals surface area contributed by atoms with Gasteiger partial charge in [0.1, 0.15) is 13.2 Å². The molecule has 0 aliphatic heterocycles. The molecule has 0 fully saturated rings. The zero-order valence-electron chi connectivity index (χ0n) is 63.6. The number of likely N-dealkylation sites (N-methyl/N-ethyl adjacent to an activating group) is 1. The maximum absolute atomic E-state index is 13.0. The summed E-state index contributed by atoms with van der Waals surface area (Å²) in [5.41, 5.74) is 0. The minimum absolute atomic E-state index is 0.177. The summed E-state index contributed by atoms with van der Waals surface area (Å²) in [7, 11) is 6.00. The van der Waals surface area contributed by atoms with Gasteiger partial charge in [-0.25, -0.2) is 4.79 Å². The van der Waals surface area contributed by atoms with Gasteiger partial charge < -0.3 is 28.5 Å². The van der Waals surface area contributed by atoms with Crippen LogP contribution < -0.4 is 0 Å². The van der Waals surface area contributed by atoms with E-state index in [-0.39, 0.29) is 38.2 Å². The van der Waals surface area contributed by atoms with Gasteiger partial charge in [-0.3, -0.25) is 9.59 Å². The quantitative estimate of drug-likeness (QED) is 0.0211. The highest BCUT2D eigenvalue weighted by Crippen LogP contribution is 2.20. The Morgan fingerprint density at radius 1 is 0.326 bits per heavy atom. The summed E-state index contributed by atoms with van der Waals surface area (Å²) in [4.78, 5) is 37.8. The minimum atomic E-state index is -1.51. The molecule has 0 rings (SSSR count). The zero-order chi connectivity index (χ0) is 69.0. The molecule has 9 heteroatoms. The molecule has 0 heterocycles. The van der Waals surface area contributed by atoms with E-state index in [0.29, 0.717) is 17.4 Å². The number of hydrogen-bond donors (Lipinski definition) is 1. The van der Waals surface area contributed by atoms with Crippen molar-refractivity contribution in [2.45, 2.75) is 411 Å². The lowest BCUT2D eigenvalue weighted by Gasteiger charge is -2.25. The van der Waals surface area contributed by atoms with Crippen LogP contribution in [0.3, 0.4) is 0 Å². The molecular weight excluding hydrogens is 1170 g/mol. The molecule has 0 aromatic carbocycles. The number of esters is 2. The Labute approximate surface area is 589 Å². The van der Waals surface area contributed by atoms with Gasteiger partial charge in [0.2, 0.25) is 0 Å². The lowest BCUT2D eigenvalue weighted by molar-refractivity contribution is -0.870. The van der Waals surface area contributed by atoms with E-state index in [1.807, 2.05) is 21.1 Å². The summed E-state index contributed by atoms with van der Waals surface area (Å²) >= 11 is 0. The van der Waals surface area contributed by atoms with E-state index in [9.17, 15) is 19.5 Å². The number of hydrogen-bond acceptors (Lipinski definition) is 7. The first-order valence-electron chi connectivity index (χ1n) is 41.1. The number of carboxylic acids is 1. The third-order valence-electron chi connectivity index (χ3n) is 18.4. The first-order chi connectivity index (χ1) is 46.6. The van der Waals surface area contributed by atoms with Gasteiger partial charge in [-0.2, -0.15) is 0 Å². The summed E-state index contributed by atoms with van der Waals surface area (Å²) in [5, 5.41) is 9.78. The predicted molar refractivity (Wildman–Crippen MR) is 410 cm³/mol. The van der Waals surface area contributed by atoms with Crippen molar-refractivity contribution >= 4 is 17.9 Å². The lowest BCUT2D eigenvalue weighted by Crippen LogP contribution is -2.40. The Kier molecular flexibility index (Phi) is 73.9. The summed E-state index contributed by atoms with van der Waals surface area (Å²) in [6.45, 7) is 4.83. The van der Waals surface area contributed by atoms with Crippen molar-refractivity contribution in [3.05, 3.63) is 72.9 Å². The number of carbonyl (C=O) groups excluding carboxylic acids is 2. The fraction of sp³-hybridized carbons (Fsp3) is 0.826. The molecular formula is C86H158NO8+. The standard InChI is InChI=1S/C86H157NO8/c1-6-8-10-12-14-16-18-20-22-24-26-28-30-32-34-36-38-39-40-41-42-43-44-45-47-49-51-53-55-57-59-61-63-65-67-69-71-73-75-77-84(89)95-82(81-94-86(85(90)91)92-79-78-87(3,4)5)80-93-83(88)76-74-72-70-68-66-64-62-60-58-56-54-52-50-48-46-37-35-33-31-29-27-25-23-21-19-17-15-13-11-9-7-2/h8,10,14,16,20,22,25-28,32,34,82,86H,6-7,9,11-13,15,17-19,21,23-24,29-31,33,35-81H2,1-5H3/p+1/b10-8-,16-14-,22-20-,27-25-,28-26-,34-32-. The van der Waals surface area contributed by atoms with Gasteiger partial charge in [0.15, 0.2) is 6.10 Å². The van der Waals surface area contributed by atoms with Crippen molar-refractivity contribution < 1.29 is 42.9 Å². The molecule has 0 saturated heterocycles. The first kappa shape index (κ1) is 91.7. The normalized spacial score (nSPS) is 13.0. The van der Waals surface area contributed by atoms with E-state index in [2.05, 4.69) is 86.8 Å². The molecule has 0 aromatic rings. The Hall–Kier alpha value is -3.27. The fourth-order valence-electron chi connectivity index (χ4n) is 12.2. The average molecular weight is 1330 g/mol. The molecule has 0 bridgehead atoms. The predicted octanol–water partition coefficient (Wildman–Crippen LogP) is 26.4. The Bertz CT molecular complexity index is 1790. The number of rotatable bonds is 77. The second-order valence-corrected chi connectivity index (χ2v) is 29.1. The van der Waals surface area contributed by atoms with Crippen LogP contribution in [0.4, 0.5) is 0 Å². The highest BCUT2D eigenvalue weighted by Gasteiger charge is 2.25. The Balaban J connectivity index is 3.96. The topological polar surface area (TPSA) is 108 Å². The summed E-state index contributed by atoms with van der Waals surface area (Å²) in [6.07, 6.45) is 101. The second-order valence-electron chi connectivity index (χ2n) is 29.1. The highest BCUT2D eigenvalue weighted by molar-refractivity contribution is 5.71. The van der Waals surface area contributed by atoms with Crippen molar-refractivity contribution in [3.63, 3.8) is 0 Å². The molecule has 0 saturated carbocycles. The van der Waals surface area contributed by atoms with Crippen LogP contribution in [0.1, 0.15) is 399 Å². The molecule has 0 spiro atoms. The number of allylic oxidation sites excluding steroid dienone is 12. The molecule has 9 nitrogen and oxygen atoms in total. The molecule has 2 unspecified atom stereocenters. The number of quaternary nitrogens is 1. The van der Waals surface area contributed by atoms with Gasteiger partial charge in [-0.1, -0.05) is 376 Å². The van der Waals surface area contributed by atoms with E-state index >= 15 is 0 Å². The molecule has 0 aliphatic carbocycles. The highest BCUT2D eigenvalue weighted by atomic mass is 16.7. The Morgan fingerprint density at radius 2 is 0.600 bits per heavy atom. The number of aliphatic carboxylic acids is 1. The summed E-state index contributed by atoms with van der Waals surface area (Å²) < 4.78 is 23.1. The van der Waals surface area contributed by atoms with Gasteiger partial charge in [0, 0.05) is 12.8 Å². The van der Waals surface area contributed by atoms with Crippen LogP contribution in [-0.4, -0.2) is 87.4 Å². The van der Waals surface area contributed by atoms with Crippen molar-refractivity contribution in [2.75, 3.05) is 47.5 Å². The van der Waals surface area contributed by atoms with E-state index in [1.165, 1.54) is 302 Å². The smallest absolute Gasteiger partial charge is 0.361 e. The van der Waals surface area contributed by atoms with Gasteiger partial charge >= 0.3 is 17.9 Å². The van der Waals surface area contributed by atoms with Crippen LogP contribution in [0.25, 0.3) is 0 Å². The van der Waals surface area contributed by atoms with E-state index < -0.39 is 18.4 Å². The molecule has 0 amide bonds. The van der Waals surface area contributed by atoms with Crippen LogP contribution in [0.2, 0.25) is 0 Å². The van der Waals surface area contributed by atoms with Crippen LogP contribution >= 0.6 is 0 Å². The van der Waals surface area contributed by atoms with Crippen LogP contribution in [0, 0.1) is 0 Å². The summed E-state index contributed by atoms with van der Waals surface area (Å²) in [6, 6.07) is 0. The van der Waals surface area contributed by atoms with E-state index in [4.69, 9.17) is 18.9 Å². The number of ether oxygens (including phenoxy) is 4. The van der Waals surface area contributed by atoms with Gasteiger partial charge in [-0.15, -0.1) is 0 Å². The second kappa shape index (κ2) is 76.5. The zero-order valence-corrected chi connectivity index (χ0v) is 63.6. The average Bonchev–Trinajstić information content (AvgIpc) is 2.92. The molecule has 554 valence electrons. The maximum Gasteiger partial charge on any atom is 0.361 e. The van der Waals surface area contributed by atoms with Crippen LogP contribution in [0.5, 0.6) is 0 Å². The molecule has 95 heavy (non-hydrogen) atoms. The molecule has 2 atom stereocenters. The maximum atomic E-state index is 13.0. The number of nitrogens with zero attached hydrogens (tertiary/aromatic N) is 1. The number of unbranched alkanes of at least 4 members (excludes halogenated alkanes) is 50. The van der Waals surface area contributed by atoms with Crippen molar-refractivity contribution in [2.24, 2.45) is 0 Å². The van der Waals surface area contributed by atoms with Crippen LogP contribution in [0.15, 0.2) is 72.9 Å². The Morgan fingerprint density at radius 3 is 0.905 bits per heavy atom. The van der Waals surface area contributed by atoms with Gasteiger partial charge in [0.25, 0.3) is 6.29 Å². The third kappa shape index (κ3) is 77.9. The van der Waals surface area contributed by atoms with Gasteiger partial charge in [0.05, 0.1) is 34.4 Å². The van der Waals surface area contributed by atoms with E-state index in [0.717, 1.165) is 70.6 Å². The monoisotopic (exact) mass is 1330 g/mol. The molecule has 0 aliphatic rings. The van der Waals surface area contributed by atoms with Crippen molar-refractivity contribution in [3.8, 4) is 0 Å². The van der Waals surface area contributed by atoms with Crippen LogP contribution in [-0.2, 0) is 33.3 Å². The van der Waals surface area contributed by atoms with Gasteiger partial charge in [-0.05, 0) is 83.5 Å². The number of carboxylic acid groups (broad SMARTS) is 1. The lowest BCUT2D eigenvalue weighted by atomic mass is 10.0. The largest absolute Gasteiger partial charge is 0.477 e. The van der Waals surface area contributed by atoms with E-state index in [1.54, 1.807) is 0 Å². The summed E-state index contributed by atoms with van der Waals surface area (Å²) in [5.74, 6) is -1.97. The molecule has 0 radical (unpaired) electrons. The van der Waals surface area contributed by atoms with Crippen molar-refractivity contribution in [1.82, 2.24) is 0 Å². The SMILES string of the molecule is CC/C=C\C/C=C\C/C=C\C/C=C\C/C=C\CCCCCCCCCCCCCCCCCCCCCCCCCC(=O)OC(COC(=O)CCCCCCCCCCCCCCCCCCCCC/C=C\CCCCCCCCCC)COC(OCC[N+](C)(C)C)C(=O)O. The minimum Gasteiger partial charge on any atom is -0.477 e.